The Hall–Kier alpha value is 0.1000. The number of rotatable bonds is 2. The molecule has 0 unspecified atom stereocenters. The van der Waals surface area contributed by atoms with E-state index in [-0.39, 0.29) is 6.04 Å². The van der Waals surface area contributed by atoms with Gasteiger partial charge >= 0.3 is 0 Å². The number of thiophene rings is 1. The number of hydrogen-bond acceptors (Lipinski definition) is 3. The van der Waals surface area contributed by atoms with Crippen molar-refractivity contribution in [3.8, 4) is 0 Å². The zero-order valence-corrected chi connectivity index (χ0v) is 8.52. The molecule has 0 amide bonds. The van der Waals surface area contributed by atoms with E-state index < -0.39 is 6.10 Å². The highest BCUT2D eigenvalue weighted by Crippen LogP contribution is 2.25. The van der Waals surface area contributed by atoms with Crippen LogP contribution in [0.3, 0.4) is 0 Å². The monoisotopic (exact) mass is 235 g/mol. The Kier molecular flexibility index (Phi) is 3.06. The first kappa shape index (κ1) is 9.19. The average Bonchev–Trinajstić information content (AvgIpc) is 2.34. The lowest BCUT2D eigenvalue weighted by molar-refractivity contribution is 0.165. The summed E-state index contributed by atoms with van der Waals surface area (Å²) in [5.41, 5.74) is 5.69. The maximum atomic E-state index is 9.15. The number of aliphatic hydroxyl groups is 1. The lowest BCUT2D eigenvalue weighted by Crippen LogP contribution is -2.21. The SMILES string of the molecule is C[C@@H](O)[C@@H](N)c1cc(Br)cs1. The Morgan fingerprint density at radius 2 is 2.36 bits per heavy atom. The van der Waals surface area contributed by atoms with Crippen molar-refractivity contribution in [3.05, 3.63) is 20.8 Å². The molecule has 1 heterocycles. The minimum Gasteiger partial charge on any atom is -0.391 e. The molecular weight excluding hydrogens is 226 g/mol. The highest BCUT2D eigenvalue weighted by Gasteiger charge is 2.13. The van der Waals surface area contributed by atoms with Crippen LogP contribution in [0.25, 0.3) is 0 Å². The van der Waals surface area contributed by atoms with Crippen molar-refractivity contribution in [1.82, 2.24) is 0 Å². The smallest absolute Gasteiger partial charge is 0.0712 e. The molecule has 1 aromatic rings. The molecule has 2 nitrogen and oxygen atoms in total. The molecule has 0 aliphatic carbocycles. The molecule has 1 rings (SSSR count). The Labute approximate surface area is 78.2 Å². The fraction of sp³-hybridized carbons (Fsp3) is 0.429. The second-order valence-electron chi connectivity index (χ2n) is 2.43. The van der Waals surface area contributed by atoms with Gasteiger partial charge in [-0.05, 0) is 28.9 Å². The van der Waals surface area contributed by atoms with E-state index in [4.69, 9.17) is 10.8 Å². The molecule has 0 fully saturated rings. The maximum absolute atomic E-state index is 9.15. The largest absolute Gasteiger partial charge is 0.391 e. The molecule has 62 valence electrons. The normalized spacial score (nSPS) is 16.4. The van der Waals surface area contributed by atoms with Crippen molar-refractivity contribution in [3.63, 3.8) is 0 Å². The summed E-state index contributed by atoms with van der Waals surface area (Å²) in [6.45, 7) is 1.69. The molecule has 0 saturated heterocycles. The average molecular weight is 236 g/mol. The van der Waals surface area contributed by atoms with Gasteiger partial charge in [0.1, 0.15) is 0 Å². The Bertz CT molecular complexity index is 236. The van der Waals surface area contributed by atoms with Gasteiger partial charge in [-0.15, -0.1) is 11.3 Å². The van der Waals surface area contributed by atoms with E-state index in [0.29, 0.717) is 0 Å². The van der Waals surface area contributed by atoms with Crippen LogP contribution in [0.5, 0.6) is 0 Å². The van der Waals surface area contributed by atoms with Crippen molar-refractivity contribution in [2.75, 3.05) is 0 Å². The number of hydrogen-bond donors (Lipinski definition) is 2. The van der Waals surface area contributed by atoms with Crippen LogP contribution in [-0.4, -0.2) is 11.2 Å². The fourth-order valence-electron chi connectivity index (χ4n) is 0.741. The van der Waals surface area contributed by atoms with Gasteiger partial charge in [-0.2, -0.15) is 0 Å². The molecule has 11 heavy (non-hydrogen) atoms. The minimum atomic E-state index is -0.486. The third-order valence-corrected chi connectivity index (χ3v) is 3.23. The van der Waals surface area contributed by atoms with Gasteiger partial charge in [0.05, 0.1) is 12.1 Å². The van der Waals surface area contributed by atoms with Crippen LogP contribution >= 0.6 is 27.3 Å². The van der Waals surface area contributed by atoms with Crippen molar-refractivity contribution >= 4 is 27.3 Å². The lowest BCUT2D eigenvalue weighted by Gasteiger charge is -2.11. The molecule has 4 heteroatoms. The standard InChI is InChI=1S/C7H10BrNOS/c1-4(10)7(9)6-2-5(8)3-11-6/h2-4,7,10H,9H2,1H3/t4-,7-/m1/s1. The summed E-state index contributed by atoms with van der Waals surface area (Å²) in [5.74, 6) is 0. The summed E-state index contributed by atoms with van der Waals surface area (Å²) in [7, 11) is 0. The van der Waals surface area contributed by atoms with E-state index in [1.807, 2.05) is 11.4 Å². The quantitative estimate of drug-likeness (QED) is 0.823. The number of nitrogens with two attached hydrogens (primary N) is 1. The predicted molar refractivity (Wildman–Crippen MR) is 50.6 cm³/mol. The maximum Gasteiger partial charge on any atom is 0.0712 e. The summed E-state index contributed by atoms with van der Waals surface area (Å²) >= 11 is 4.88. The first-order valence-corrected chi connectivity index (χ1v) is 4.96. The molecule has 0 bridgehead atoms. The number of halogens is 1. The first-order valence-electron chi connectivity index (χ1n) is 3.29. The van der Waals surface area contributed by atoms with Gasteiger partial charge in [0.15, 0.2) is 0 Å². The van der Waals surface area contributed by atoms with E-state index in [2.05, 4.69) is 15.9 Å². The molecule has 0 aliphatic heterocycles. The summed E-state index contributed by atoms with van der Waals surface area (Å²) in [4.78, 5) is 1.01. The van der Waals surface area contributed by atoms with Gasteiger partial charge in [-0.1, -0.05) is 0 Å². The van der Waals surface area contributed by atoms with Gasteiger partial charge in [0.2, 0.25) is 0 Å². The van der Waals surface area contributed by atoms with Gasteiger partial charge in [-0.3, -0.25) is 0 Å². The van der Waals surface area contributed by atoms with Crippen LogP contribution in [0.15, 0.2) is 15.9 Å². The molecular formula is C7H10BrNOS. The second-order valence-corrected chi connectivity index (χ2v) is 4.29. The second kappa shape index (κ2) is 3.67. The summed E-state index contributed by atoms with van der Waals surface area (Å²) in [6, 6.07) is 1.67. The summed E-state index contributed by atoms with van der Waals surface area (Å²) < 4.78 is 1.02. The van der Waals surface area contributed by atoms with Crippen LogP contribution in [0.1, 0.15) is 17.8 Å². The van der Waals surface area contributed by atoms with E-state index in [1.54, 1.807) is 18.3 Å². The highest BCUT2D eigenvalue weighted by molar-refractivity contribution is 9.10. The van der Waals surface area contributed by atoms with Crippen LogP contribution < -0.4 is 5.73 Å². The van der Waals surface area contributed by atoms with Crippen molar-refractivity contribution in [2.45, 2.75) is 19.1 Å². The van der Waals surface area contributed by atoms with E-state index >= 15 is 0 Å². The minimum absolute atomic E-state index is 0.258. The van der Waals surface area contributed by atoms with Crippen LogP contribution in [0, 0.1) is 0 Å². The predicted octanol–water partition coefficient (Wildman–Crippen LogP) is 1.89. The molecule has 0 saturated carbocycles. The molecule has 2 atom stereocenters. The van der Waals surface area contributed by atoms with Crippen molar-refractivity contribution in [1.29, 1.82) is 0 Å². The lowest BCUT2D eigenvalue weighted by atomic mass is 10.2. The van der Waals surface area contributed by atoms with E-state index in [1.165, 1.54) is 0 Å². The molecule has 0 spiro atoms. The Morgan fingerprint density at radius 1 is 1.73 bits per heavy atom. The fourth-order valence-corrected chi connectivity index (χ4v) is 2.29. The molecule has 0 aliphatic rings. The van der Waals surface area contributed by atoms with Gasteiger partial charge in [-0.25, -0.2) is 0 Å². The van der Waals surface area contributed by atoms with Crippen molar-refractivity contribution in [2.24, 2.45) is 5.73 Å². The van der Waals surface area contributed by atoms with Crippen LogP contribution in [0.4, 0.5) is 0 Å². The number of aliphatic hydroxyl groups excluding tert-OH is 1. The van der Waals surface area contributed by atoms with Gasteiger partial charge in [0, 0.05) is 14.7 Å². The summed E-state index contributed by atoms with van der Waals surface area (Å²) in [5, 5.41) is 11.1. The Morgan fingerprint density at radius 3 is 2.73 bits per heavy atom. The highest BCUT2D eigenvalue weighted by atomic mass is 79.9. The van der Waals surface area contributed by atoms with Crippen molar-refractivity contribution < 1.29 is 5.11 Å². The van der Waals surface area contributed by atoms with Crippen LogP contribution in [0.2, 0.25) is 0 Å². The zero-order valence-electron chi connectivity index (χ0n) is 6.12. The van der Waals surface area contributed by atoms with Crippen LogP contribution in [-0.2, 0) is 0 Å². The molecule has 3 N–H and O–H groups in total. The summed E-state index contributed by atoms with van der Waals surface area (Å²) in [6.07, 6.45) is -0.486. The van der Waals surface area contributed by atoms with E-state index in [9.17, 15) is 0 Å². The zero-order chi connectivity index (χ0) is 8.43. The van der Waals surface area contributed by atoms with Gasteiger partial charge in [0.25, 0.3) is 0 Å². The third-order valence-electron chi connectivity index (χ3n) is 1.44. The third kappa shape index (κ3) is 2.27. The van der Waals surface area contributed by atoms with Gasteiger partial charge < -0.3 is 10.8 Å². The van der Waals surface area contributed by atoms with E-state index in [0.717, 1.165) is 9.35 Å². The Balaban J connectivity index is 2.76. The first-order chi connectivity index (χ1) is 5.11. The molecule has 0 aromatic carbocycles. The molecule has 0 radical (unpaired) electrons. The topological polar surface area (TPSA) is 46.2 Å². The molecule has 1 aromatic heterocycles.